The van der Waals surface area contributed by atoms with Gasteiger partial charge >= 0.3 is 0 Å². The van der Waals surface area contributed by atoms with E-state index in [1.54, 1.807) is 0 Å². The molecule has 122 valence electrons. The summed E-state index contributed by atoms with van der Waals surface area (Å²) in [5, 5.41) is 11.0. The lowest BCUT2D eigenvalue weighted by molar-refractivity contribution is 0.117. The van der Waals surface area contributed by atoms with E-state index in [0.29, 0.717) is 5.25 Å². The zero-order valence-electron chi connectivity index (χ0n) is 13.5. The Morgan fingerprint density at radius 3 is 2.48 bits per heavy atom. The molecule has 1 fully saturated rings. The van der Waals surface area contributed by atoms with E-state index in [1.807, 2.05) is 17.8 Å². The lowest BCUT2D eigenvalue weighted by atomic mass is 10.1. The second kappa shape index (κ2) is 8.53. The van der Waals surface area contributed by atoms with Crippen LogP contribution in [0, 0.1) is 0 Å². The number of β-amino-alcohol motifs (C(OH)–C–C–N with tert-alkyl or cyclic N) is 1. The third-order valence-corrected chi connectivity index (χ3v) is 5.62. The monoisotopic (exact) mass is 327 g/mol. The number of aryl methyl sites for hydroxylation is 1. The number of likely N-dealkylation sites (tertiary alicyclic amines) is 1. The Morgan fingerprint density at radius 2 is 1.74 bits per heavy atom. The highest BCUT2D eigenvalue weighted by atomic mass is 32.2. The Labute approximate surface area is 143 Å². The Bertz CT molecular complexity index is 575. The van der Waals surface area contributed by atoms with Crippen molar-refractivity contribution in [2.45, 2.75) is 35.5 Å². The molecule has 23 heavy (non-hydrogen) atoms. The molecule has 1 N–H and O–H groups in total. The maximum atomic E-state index is 10.3. The Hall–Kier alpha value is -1.29. The van der Waals surface area contributed by atoms with Crippen molar-refractivity contribution in [3.63, 3.8) is 0 Å². The highest BCUT2D eigenvalue weighted by Crippen LogP contribution is 2.29. The van der Waals surface area contributed by atoms with Gasteiger partial charge in [-0.25, -0.2) is 0 Å². The van der Waals surface area contributed by atoms with Gasteiger partial charge in [-0.05, 0) is 43.5 Å². The largest absolute Gasteiger partial charge is 0.392 e. The number of aliphatic hydroxyl groups excluding tert-OH is 1. The lowest BCUT2D eigenvalue weighted by Gasteiger charge is -2.20. The van der Waals surface area contributed by atoms with E-state index in [9.17, 15) is 5.11 Å². The number of nitrogens with zero attached hydrogens (tertiary/aromatic N) is 1. The number of hydrogen-bond acceptors (Lipinski definition) is 3. The summed E-state index contributed by atoms with van der Waals surface area (Å²) in [5.41, 5.74) is 1.31. The molecular formula is C20H25NOS. The van der Waals surface area contributed by atoms with Crippen LogP contribution in [0.15, 0.2) is 65.6 Å². The van der Waals surface area contributed by atoms with Crippen molar-refractivity contribution in [3.05, 3.63) is 66.2 Å². The van der Waals surface area contributed by atoms with Crippen LogP contribution < -0.4 is 0 Å². The summed E-state index contributed by atoms with van der Waals surface area (Å²) < 4.78 is 0. The molecule has 0 radical (unpaired) electrons. The first-order valence-corrected chi connectivity index (χ1v) is 9.33. The molecule has 0 aliphatic carbocycles. The molecule has 1 heterocycles. The standard InChI is InChI=1S/C20H25NOS/c22-18(12-11-17-7-3-1-4-8-17)15-21-14-13-20(16-21)23-19-9-5-2-6-10-19/h1-10,18,20,22H,11-16H2/t18-,20-/m1/s1. The second-order valence-electron chi connectivity index (χ2n) is 6.28. The molecule has 0 amide bonds. The molecule has 2 nitrogen and oxygen atoms in total. The number of benzene rings is 2. The number of hydrogen-bond donors (Lipinski definition) is 1. The van der Waals surface area contributed by atoms with Crippen LogP contribution in [0.25, 0.3) is 0 Å². The molecule has 0 spiro atoms. The summed E-state index contributed by atoms with van der Waals surface area (Å²) in [4.78, 5) is 3.76. The zero-order chi connectivity index (χ0) is 15.9. The van der Waals surface area contributed by atoms with E-state index in [1.165, 1.54) is 16.9 Å². The van der Waals surface area contributed by atoms with E-state index < -0.39 is 0 Å². The third kappa shape index (κ3) is 5.38. The molecule has 0 unspecified atom stereocenters. The maximum absolute atomic E-state index is 10.3. The predicted molar refractivity (Wildman–Crippen MR) is 97.9 cm³/mol. The number of aliphatic hydroxyl groups is 1. The van der Waals surface area contributed by atoms with E-state index in [0.717, 1.165) is 32.5 Å². The van der Waals surface area contributed by atoms with E-state index in [2.05, 4.69) is 59.5 Å². The molecule has 1 aliphatic rings. The Balaban J connectivity index is 1.39. The minimum Gasteiger partial charge on any atom is -0.392 e. The molecule has 2 atom stereocenters. The van der Waals surface area contributed by atoms with E-state index >= 15 is 0 Å². The summed E-state index contributed by atoms with van der Waals surface area (Å²) in [6, 6.07) is 21.1. The topological polar surface area (TPSA) is 23.5 Å². The van der Waals surface area contributed by atoms with Gasteiger partial charge in [-0.1, -0.05) is 48.5 Å². The molecule has 1 saturated heterocycles. The molecule has 0 bridgehead atoms. The fraction of sp³-hybridized carbons (Fsp3) is 0.400. The van der Waals surface area contributed by atoms with Gasteiger partial charge in [-0.15, -0.1) is 11.8 Å². The first kappa shape index (κ1) is 16.6. The highest BCUT2D eigenvalue weighted by Gasteiger charge is 2.24. The molecule has 0 aromatic heterocycles. The van der Waals surface area contributed by atoms with Gasteiger partial charge in [0.25, 0.3) is 0 Å². The van der Waals surface area contributed by atoms with E-state index in [-0.39, 0.29) is 6.10 Å². The predicted octanol–water partition coefficient (Wildman–Crippen LogP) is 3.85. The summed E-state index contributed by atoms with van der Waals surface area (Å²) in [6.07, 6.45) is 2.79. The quantitative estimate of drug-likeness (QED) is 0.835. The minimum absolute atomic E-state index is 0.226. The molecular weight excluding hydrogens is 302 g/mol. The Morgan fingerprint density at radius 1 is 1.04 bits per heavy atom. The van der Waals surface area contributed by atoms with Crippen LogP contribution in [0.4, 0.5) is 0 Å². The van der Waals surface area contributed by atoms with Crippen molar-refractivity contribution >= 4 is 11.8 Å². The van der Waals surface area contributed by atoms with Crippen molar-refractivity contribution in [3.8, 4) is 0 Å². The fourth-order valence-electron chi connectivity index (χ4n) is 3.12. The summed E-state index contributed by atoms with van der Waals surface area (Å²) in [7, 11) is 0. The van der Waals surface area contributed by atoms with Crippen LogP contribution in [0.3, 0.4) is 0 Å². The van der Waals surface area contributed by atoms with Crippen LogP contribution in [0.5, 0.6) is 0 Å². The van der Waals surface area contributed by atoms with Crippen LogP contribution >= 0.6 is 11.8 Å². The Kier molecular flexibility index (Phi) is 6.14. The average molecular weight is 327 g/mol. The van der Waals surface area contributed by atoms with Gasteiger partial charge in [0, 0.05) is 23.2 Å². The summed E-state index contributed by atoms with van der Waals surface area (Å²) in [5.74, 6) is 0. The van der Waals surface area contributed by atoms with Crippen LogP contribution in [-0.2, 0) is 6.42 Å². The molecule has 2 aromatic carbocycles. The summed E-state index contributed by atoms with van der Waals surface area (Å²) >= 11 is 1.97. The average Bonchev–Trinajstić information content (AvgIpc) is 3.02. The first-order chi connectivity index (χ1) is 11.3. The van der Waals surface area contributed by atoms with Crippen LogP contribution in [0.2, 0.25) is 0 Å². The van der Waals surface area contributed by atoms with Crippen molar-refractivity contribution < 1.29 is 5.11 Å². The SMILES string of the molecule is O[C@H](CCc1ccccc1)CN1CC[C@@H](Sc2ccccc2)C1. The van der Waals surface area contributed by atoms with Gasteiger partial charge in [0.15, 0.2) is 0 Å². The normalized spacial score (nSPS) is 19.8. The fourth-order valence-corrected chi connectivity index (χ4v) is 4.33. The van der Waals surface area contributed by atoms with Crippen LogP contribution in [-0.4, -0.2) is 41.0 Å². The van der Waals surface area contributed by atoms with E-state index in [4.69, 9.17) is 0 Å². The highest BCUT2D eigenvalue weighted by molar-refractivity contribution is 8.00. The second-order valence-corrected chi connectivity index (χ2v) is 7.65. The van der Waals surface area contributed by atoms with Gasteiger partial charge in [0.2, 0.25) is 0 Å². The molecule has 1 aliphatic heterocycles. The zero-order valence-corrected chi connectivity index (χ0v) is 14.3. The number of thioether (sulfide) groups is 1. The number of rotatable bonds is 7. The third-order valence-electron chi connectivity index (χ3n) is 4.35. The smallest absolute Gasteiger partial charge is 0.0670 e. The van der Waals surface area contributed by atoms with Gasteiger partial charge in [-0.3, -0.25) is 4.90 Å². The minimum atomic E-state index is -0.226. The first-order valence-electron chi connectivity index (χ1n) is 8.45. The lowest BCUT2D eigenvalue weighted by Crippen LogP contribution is -2.31. The maximum Gasteiger partial charge on any atom is 0.0670 e. The molecule has 3 rings (SSSR count). The van der Waals surface area contributed by atoms with Crippen molar-refractivity contribution in [1.29, 1.82) is 0 Å². The molecule has 3 heteroatoms. The van der Waals surface area contributed by atoms with Gasteiger partial charge in [-0.2, -0.15) is 0 Å². The van der Waals surface area contributed by atoms with Crippen LogP contribution in [0.1, 0.15) is 18.4 Å². The van der Waals surface area contributed by atoms with Gasteiger partial charge in [0.05, 0.1) is 6.10 Å². The van der Waals surface area contributed by atoms with Gasteiger partial charge < -0.3 is 5.11 Å². The molecule has 0 saturated carbocycles. The summed E-state index contributed by atoms with van der Waals surface area (Å²) in [6.45, 7) is 2.99. The van der Waals surface area contributed by atoms with Crippen molar-refractivity contribution in [2.75, 3.05) is 19.6 Å². The van der Waals surface area contributed by atoms with Gasteiger partial charge in [0.1, 0.15) is 0 Å². The van der Waals surface area contributed by atoms with Crippen molar-refractivity contribution in [2.24, 2.45) is 0 Å². The van der Waals surface area contributed by atoms with Crippen molar-refractivity contribution in [1.82, 2.24) is 4.90 Å². The molecule has 2 aromatic rings.